The molecule has 21 heavy (non-hydrogen) atoms. The van der Waals surface area contributed by atoms with Gasteiger partial charge in [-0.15, -0.1) is 0 Å². The van der Waals surface area contributed by atoms with E-state index in [1.807, 2.05) is 0 Å². The third kappa shape index (κ3) is 3.50. The first-order chi connectivity index (χ1) is 10.0. The van der Waals surface area contributed by atoms with Crippen molar-refractivity contribution in [3.05, 3.63) is 0 Å². The second-order valence-electron chi connectivity index (χ2n) is 8.05. The molecule has 3 heteroatoms. The van der Waals surface area contributed by atoms with Crippen molar-refractivity contribution in [3.8, 4) is 0 Å². The van der Waals surface area contributed by atoms with Crippen LogP contribution in [0.15, 0.2) is 0 Å². The van der Waals surface area contributed by atoms with E-state index in [1.54, 1.807) is 0 Å². The molecule has 3 rings (SSSR count). The number of piperidine rings is 1. The molecule has 0 aromatic carbocycles. The Labute approximate surface area is 129 Å². The topological polar surface area (TPSA) is 29.5 Å². The zero-order valence-electron chi connectivity index (χ0n) is 13.8. The standard InChI is InChI=1S/C18H31NO2/c1-15(2)21-14-17(7-8-17)13-19-11-9-18(10-12-19)6-4-3-5-16(18)20/h15H,3-14H2,1-2H3. The van der Waals surface area contributed by atoms with E-state index in [0.29, 0.717) is 17.3 Å². The average Bonchev–Trinajstić information content (AvgIpc) is 3.23. The fraction of sp³-hybridized carbons (Fsp3) is 0.944. The predicted molar refractivity (Wildman–Crippen MR) is 84.3 cm³/mol. The molecule has 0 amide bonds. The van der Waals surface area contributed by atoms with E-state index in [4.69, 9.17) is 4.74 Å². The minimum absolute atomic E-state index is 0.0693. The molecule has 1 heterocycles. The zero-order valence-corrected chi connectivity index (χ0v) is 13.8. The lowest BCUT2D eigenvalue weighted by atomic mass is 9.67. The van der Waals surface area contributed by atoms with Crippen molar-refractivity contribution in [1.29, 1.82) is 0 Å². The molecule has 0 aromatic rings. The van der Waals surface area contributed by atoms with Gasteiger partial charge >= 0.3 is 0 Å². The highest BCUT2D eigenvalue weighted by atomic mass is 16.5. The number of ether oxygens (including phenoxy) is 1. The Morgan fingerprint density at radius 1 is 1.10 bits per heavy atom. The molecule has 0 atom stereocenters. The van der Waals surface area contributed by atoms with E-state index in [9.17, 15) is 4.79 Å². The molecule has 2 saturated carbocycles. The van der Waals surface area contributed by atoms with Crippen LogP contribution in [-0.4, -0.2) is 43.0 Å². The Bertz CT molecular complexity index is 379. The Hall–Kier alpha value is -0.410. The molecule has 0 bridgehead atoms. The Kier molecular flexibility index (Phi) is 4.42. The van der Waals surface area contributed by atoms with Gasteiger partial charge in [-0.2, -0.15) is 0 Å². The Balaban J connectivity index is 1.49. The summed E-state index contributed by atoms with van der Waals surface area (Å²) in [4.78, 5) is 14.9. The maximum atomic E-state index is 12.3. The normalized spacial score (nSPS) is 28.2. The minimum atomic E-state index is 0.0693. The fourth-order valence-electron chi connectivity index (χ4n) is 4.16. The largest absolute Gasteiger partial charge is 0.378 e. The smallest absolute Gasteiger partial charge is 0.139 e. The van der Waals surface area contributed by atoms with Crippen LogP contribution in [0.2, 0.25) is 0 Å². The van der Waals surface area contributed by atoms with E-state index < -0.39 is 0 Å². The molecule has 0 aromatic heterocycles. The molecular formula is C18H31NO2. The maximum absolute atomic E-state index is 12.3. The third-order valence-electron chi connectivity index (χ3n) is 5.95. The summed E-state index contributed by atoms with van der Waals surface area (Å²) in [6.45, 7) is 8.59. The SMILES string of the molecule is CC(C)OCC1(CN2CCC3(CCCCC3=O)CC2)CC1. The van der Waals surface area contributed by atoms with Gasteiger partial charge in [0.05, 0.1) is 12.7 Å². The van der Waals surface area contributed by atoms with Crippen LogP contribution < -0.4 is 0 Å². The molecule has 0 radical (unpaired) electrons. The molecular weight excluding hydrogens is 262 g/mol. The summed E-state index contributed by atoms with van der Waals surface area (Å²) >= 11 is 0. The van der Waals surface area contributed by atoms with Gasteiger partial charge < -0.3 is 9.64 Å². The van der Waals surface area contributed by atoms with Gasteiger partial charge in [-0.25, -0.2) is 0 Å². The number of Topliss-reactive ketones (excluding diaryl/α,β-unsaturated/α-hetero) is 1. The fourth-order valence-corrected chi connectivity index (χ4v) is 4.16. The van der Waals surface area contributed by atoms with Crippen LogP contribution in [0, 0.1) is 10.8 Å². The molecule has 1 aliphatic heterocycles. The zero-order chi connectivity index (χ0) is 14.9. The van der Waals surface area contributed by atoms with Gasteiger partial charge in [-0.3, -0.25) is 4.79 Å². The van der Waals surface area contributed by atoms with Crippen molar-refractivity contribution in [1.82, 2.24) is 4.90 Å². The summed E-state index contributed by atoms with van der Waals surface area (Å²) in [7, 11) is 0. The highest BCUT2D eigenvalue weighted by Crippen LogP contribution is 2.48. The first-order valence-electron chi connectivity index (χ1n) is 8.91. The second-order valence-corrected chi connectivity index (χ2v) is 8.05. The van der Waals surface area contributed by atoms with Crippen LogP contribution in [0.25, 0.3) is 0 Å². The van der Waals surface area contributed by atoms with Gasteiger partial charge in [0.1, 0.15) is 5.78 Å². The van der Waals surface area contributed by atoms with Crippen LogP contribution in [-0.2, 0) is 9.53 Å². The highest BCUT2D eigenvalue weighted by Gasteiger charge is 2.47. The monoisotopic (exact) mass is 293 g/mol. The lowest BCUT2D eigenvalue weighted by molar-refractivity contribution is -0.134. The predicted octanol–water partition coefficient (Wildman–Crippen LogP) is 3.42. The van der Waals surface area contributed by atoms with Gasteiger partial charge in [-0.1, -0.05) is 6.42 Å². The van der Waals surface area contributed by atoms with Gasteiger partial charge in [0.2, 0.25) is 0 Å². The summed E-state index contributed by atoms with van der Waals surface area (Å²) in [6.07, 6.45) is 9.57. The maximum Gasteiger partial charge on any atom is 0.139 e. The first-order valence-corrected chi connectivity index (χ1v) is 8.91. The van der Waals surface area contributed by atoms with Gasteiger partial charge in [0.25, 0.3) is 0 Å². The number of hydrogen-bond donors (Lipinski definition) is 0. The van der Waals surface area contributed by atoms with Crippen molar-refractivity contribution in [2.75, 3.05) is 26.2 Å². The van der Waals surface area contributed by atoms with Crippen molar-refractivity contribution in [3.63, 3.8) is 0 Å². The number of rotatable bonds is 5. The van der Waals surface area contributed by atoms with Crippen LogP contribution in [0.3, 0.4) is 0 Å². The van der Waals surface area contributed by atoms with E-state index in [1.165, 1.54) is 25.8 Å². The van der Waals surface area contributed by atoms with E-state index in [2.05, 4.69) is 18.7 Å². The second kappa shape index (κ2) is 6.00. The lowest BCUT2D eigenvalue weighted by Crippen LogP contribution is -2.47. The van der Waals surface area contributed by atoms with Crippen LogP contribution in [0.4, 0.5) is 0 Å². The van der Waals surface area contributed by atoms with Crippen molar-refractivity contribution in [2.45, 2.75) is 71.3 Å². The minimum Gasteiger partial charge on any atom is -0.378 e. The van der Waals surface area contributed by atoms with Crippen molar-refractivity contribution < 1.29 is 9.53 Å². The molecule has 2 aliphatic carbocycles. The Morgan fingerprint density at radius 2 is 1.81 bits per heavy atom. The average molecular weight is 293 g/mol. The number of carbonyl (C=O) groups excluding carboxylic acids is 1. The third-order valence-corrected chi connectivity index (χ3v) is 5.95. The summed E-state index contributed by atoms with van der Waals surface area (Å²) in [5.41, 5.74) is 0.505. The Morgan fingerprint density at radius 3 is 2.38 bits per heavy atom. The van der Waals surface area contributed by atoms with Crippen LogP contribution >= 0.6 is 0 Å². The number of hydrogen-bond acceptors (Lipinski definition) is 3. The quantitative estimate of drug-likeness (QED) is 0.778. The number of carbonyl (C=O) groups is 1. The molecule has 3 aliphatic rings. The van der Waals surface area contributed by atoms with E-state index in [0.717, 1.165) is 51.8 Å². The van der Waals surface area contributed by atoms with Crippen molar-refractivity contribution >= 4 is 5.78 Å². The molecule has 0 unspecified atom stereocenters. The summed E-state index contributed by atoms with van der Waals surface area (Å²) in [5.74, 6) is 0.567. The molecule has 0 N–H and O–H groups in total. The van der Waals surface area contributed by atoms with Crippen LogP contribution in [0.1, 0.15) is 65.2 Å². The summed E-state index contributed by atoms with van der Waals surface area (Å²) in [6, 6.07) is 0. The van der Waals surface area contributed by atoms with E-state index >= 15 is 0 Å². The van der Waals surface area contributed by atoms with Gasteiger partial charge in [0.15, 0.2) is 0 Å². The van der Waals surface area contributed by atoms with E-state index in [-0.39, 0.29) is 5.41 Å². The molecule has 1 spiro atoms. The number of likely N-dealkylation sites (tertiary alicyclic amines) is 1. The molecule has 1 saturated heterocycles. The van der Waals surface area contributed by atoms with Crippen LogP contribution in [0.5, 0.6) is 0 Å². The molecule has 3 nitrogen and oxygen atoms in total. The number of nitrogens with zero attached hydrogens (tertiary/aromatic N) is 1. The lowest BCUT2D eigenvalue weighted by Gasteiger charge is -2.43. The van der Waals surface area contributed by atoms with Gasteiger partial charge in [0, 0.05) is 23.8 Å². The highest BCUT2D eigenvalue weighted by molar-refractivity contribution is 5.85. The number of ketones is 1. The molecule has 3 fully saturated rings. The summed E-state index contributed by atoms with van der Waals surface area (Å²) in [5, 5.41) is 0. The summed E-state index contributed by atoms with van der Waals surface area (Å²) < 4.78 is 5.86. The van der Waals surface area contributed by atoms with Gasteiger partial charge in [-0.05, 0) is 65.5 Å². The molecule has 120 valence electrons. The van der Waals surface area contributed by atoms with Crippen molar-refractivity contribution in [2.24, 2.45) is 10.8 Å². The first kappa shape index (κ1) is 15.5.